The lowest BCUT2D eigenvalue weighted by Gasteiger charge is -2.13. The summed E-state index contributed by atoms with van der Waals surface area (Å²) >= 11 is 5.86. The molecule has 20 heavy (non-hydrogen) atoms. The Morgan fingerprint density at radius 2 is 1.85 bits per heavy atom. The summed E-state index contributed by atoms with van der Waals surface area (Å²) in [5.41, 5.74) is 7.29. The third-order valence-corrected chi connectivity index (χ3v) is 2.76. The number of hydrogen-bond donors (Lipinski definition) is 2. The maximum Gasteiger partial charge on any atom is 0.387 e. The van der Waals surface area contributed by atoms with Crippen LogP contribution in [0.15, 0.2) is 48.5 Å². The van der Waals surface area contributed by atoms with Crippen LogP contribution >= 0.6 is 11.6 Å². The van der Waals surface area contributed by atoms with E-state index in [0.717, 1.165) is 5.69 Å². The van der Waals surface area contributed by atoms with Crippen molar-refractivity contribution >= 4 is 17.3 Å². The van der Waals surface area contributed by atoms with Gasteiger partial charge in [-0.1, -0.05) is 29.8 Å². The van der Waals surface area contributed by atoms with Crippen LogP contribution in [0.3, 0.4) is 0 Å². The Hall–Kier alpha value is -1.85. The summed E-state index contributed by atoms with van der Waals surface area (Å²) in [4.78, 5) is 0. The normalized spacial score (nSPS) is 10.6. The molecule has 0 amide bonds. The molecule has 2 aromatic carbocycles. The minimum atomic E-state index is -2.86. The predicted molar refractivity (Wildman–Crippen MR) is 75.0 cm³/mol. The standard InChI is InChI=1S/C14H13ClF2N2O/c15-11-6-7-13(20-14(16)17)10(8-11)9-18-19-12-4-2-1-3-5-12/h1-8,14,18-19H,9H2. The van der Waals surface area contributed by atoms with Crippen molar-refractivity contribution in [2.45, 2.75) is 13.2 Å². The number of para-hydroxylation sites is 1. The van der Waals surface area contributed by atoms with Crippen LogP contribution in [0.25, 0.3) is 0 Å². The molecule has 0 saturated heterocycles. The summed E-state index contributed by atoms with van der Waals surface area (Å²) in [6.07, 6.45) is 0. The molecule has 0 fully saturated rings. The van der Waals surface area contributed by atoms with E-state index in [0.29, 0.717) is 10.6 Å². The predicted octanol–water partition coefficient (Wildman–Crippen LogP) is 4.06. The van der Waals surface area contributed by atoms with Crippen molar-refractivity contribution in [2.75, 3.05) is 5.43 Å². The van der Waals surface area contributed by atoms with Crippen LogP contribution in [-0.4, -0.2) is 6.61 Å². The van der Waals surface area contributed by atoms with E-state index in [1.807, 2.05) is 30.3 Å². The first kappa shape index (κ1) is 14.6. The van der Waals surface area contributed by atoms with Gasteiger partial charge in [-0.2, -0.15) is 8.78 Å². The average molecular weight is 299 g/mol. The largest absolute Gasteiger partial charge is 0.434 e. The summed E-state index contributed by atoms with van der Waals surface area (Å²) < 4.78 is 29.0. The quantitative estimate of drug-likeness (QED) is 0.789. The van der Waals surface area contributed by atoms with Crippen LogP contribution in [0, 0.1) is 0 Å². The lowest BCUT2D eigenvalue weighted by molar-refractivity contribution is -0.0504. The van der Waals surface area contributed by atoms with Crippen LogP contribution < -0.4 is 15.6 Å². The van der Waals surface area contributed by atoms with E-state index in [1.165, 1.54) is 12.1 Å². The zero-order chi connectivity index (χ0) is 14.4. The molecule has 0 aliphatic carbocycles. The van der Waals surface area contributed by atoms with Crippen molar-refractivity contribution in [3.63, 3.8) is 0 Å². The van der Waals surface area contributed by atoms with Gasteiger partial charge in [-0.25, -0.2) is 5.43 Å². The molecule has 0 unspecified atom stereocenters. The number of anilines is 1. The first-order valence-corrected chi connectivity index (χ1v) is 6.30. The second-order valence-corrected chi connectivity index (χ2v) is 4.41. The van der Waals surface area contributed by atoms with Crippen LogP contribution in [0.5, 0.6) is 5.75 Å². The minimum Gasteiger partial charge on any atom is -0.434 e. The highest BCUT2D eigenvalue weighted by atomic mass is 35.5. The third-order valence-electron chi connectivity index (χ3n) is 2.52. The van der Waals surface area contributed by atoms with E-state index in [1.54, 1.807) is 6.07 Å². The number of rotatable bonds is 6. The van der Waals surface area contributed by atoms with Gasteiger partial charge in [0.1, 0.15) is 5.75 Å². The number of alkyl halides is 2. The Balaban J connectivity index is 1.99. The molecule has 6 heteroatoms. The van der Waals surface area contributed by atoms with Gasteiger partial charge in [0.25, 0.3) is 0 Å². The fraction of sp³-hybridized carbons (Fsp3) is 0.143. The molecule has 0 atom stereocenters. The molecule has 0 aliphatic heterocycles. The molecule has 0 bridgehead atoms. The summed E-state index contributed by atoms with van der Waals surface area (Å²) in [5.74, 6) is 0.103. The molecule has 0 aromatic heterocycles. The first-order chi connectivity index (χ1) is 9.65. The zero-order valence-corrected chi connectivity index (χ0v) is 11.2. The van der Waals surface area contributed by atoms with E-state index in [2.05, 4.69) is 15.6 Å². The Morgan fingerprint density at radius 3 is 2.55 bits per heavy atom. The van der Waals surface area contributed by atoms with Gasteiger partial charge >= 0.3 is 6.61 Å². The molecule has 0 radical (unpaired) electrons. The van der Waals surface area contributed by atoms with Gasteiger partial charge in [0.15, 0.2) is 0 Å². The van der Waals surface area contributed by atoms with Crippen LogP contribution in [-0.2, 0) is 6.54 Å². The molecule has 106 valence electrons. The second kappa shape index (κ2) is 7.07. The van der Waals surface area contributed by atoms with E-state index >= 15 is 0 Å². The smallest absolute Gasteiger partial charge is 0.387 e. The number of ether oxygens (including phenoxy) is 1. The van der Waals surface area contributed by atoms with Gasteiger partial charge in [0.2, 0.25) is 0 Å². The Kier molecular flexibility index (Phi) is 5.15. The van der Waals surface area contributed by atoms with E-state index in [9.17, 15) is 8.78 Å². The zero-order valence-electron chi connectivity index (χ0n) is 10.4. The number of hydrazine groups is 1. The van der Waals surface area contributed by atoms with E-state index in [4.69, 9.17) is 11.6 Å². The molecule has 0 aliphatic rings. The minimum absolute atomic E-state index is 0.103. The molecule has 2 N–H and O–H groups in total. The monoisotopic (exact) mass is 298 g/mol. The van der Waals surface area contributed by atoms with Crippen molar-refractivity contribution < 1.29 is 13.5 Å². The maximum atomic E-state index is 12.3. The molecule has 2 aromatic rings. The molecule has 2 rings (SSSR count). The van der Waals surface area contributed by atoms with E-state index in [-0.39, 0.29) is 12.3 Å². The maximum absolute atomic E-state index is 12.3. The SMILES string of the molecule is FC(F)Oc1ccc(Cl)cc1CNNc1ccccc1. The van der Waals surface area contributed by atoms with Gasteiger partial charge in [-0.15, -0.1) is 0 Å². The number of benzene rings is 2. The highest BCUT2D eigenvalue weighted by Crippen LogP contribution is 2.24. The fourth-order valence-corrected chi connectivity index (χ4v) is 1.85. The molecule has 0 spiro atoms. The van der Waals surface area contributed by atoms with Crippen LogP contribution in [0.2, 0.25) is 5.02 Å². The molecule has 0 saturated carbocycles. The second-order valence-electron chi connectivity index (χ2n) is 3.98. The number of hydrogen-bond acceptors (Lipinski definition) is 3. The molecule has 3 nitrogen and oxygen atoms in total. The average Bonchev–Trinajstić information content (AvgIpc) is 2.42. The van der Waals surface area contributed by atoms with Crippen LogP contribution in [0.4, 0.5) is 14.5 Å². The van der Waals surface area contributed by atoms with Crippen molar-refractivity contribution in [3.05, 3.63) is 59.1 Å². The van der Waals surface area contributed by atoms with Gasteiger partial charge in [0, 0.05) is 22.8 Å². The highest BCUT2D eigenvalue weighted by Gasteiger charge is 2.10. The van der Waals surface area contributed by atoms with Gasteiger partial charge in [0.05, 0.1) is 0 Å². The van der Waals surface area contributed by atoms with Gasteiger partial charge in [-0.05, 0) is 30.3 Å². The molecular weight excluding hydrogens is 286 g/mol. The first-order valence-electron chi connectivity index (χ1n) is 5.92. The van der Waals surface area contributed by atoms with E-state index < -0.39 is 6.61 Å². The number of halogens is 3. The Morgan fingerprint density at radius 1 is 1.10 bits per heavy atom. The Bertz CT molecular complexity index is 552. The third kappa shape index (κ3) is 4.36. The summed E-state index contributed by atoms with van der Waals surface area (Å²) in [7, 11) is 0. The lowest BCUT2D eigenvalue weighted by atomic mass is 10.2. The van der Waals surface area contributed by atoms with Gasteiger partial charge < -0.3 is 10.2 Å². The lowest BCUT2D eigenvalue weighted by Crippen LogP contribution is -2.21. The summed E-state index contributed by atoms with van der Waals surface area (Å²) in [6.45, 7) is -2.57. The van der Waals surface area contributed by atoms with Crippen molar-refractivity contribution in [1.29, 1.82) is 0 Å². The van der Waals surface area contributed by atoms with Crippen molar-refractivity contribution in [3.8, 4) is 5.75 Å². The molecule has 0 heterocycles. The highest BCUT2D eigenvalue weighted by molar-refractivity contribution is 6.30. The van der Waals surface area contributed by atoms with Crippen LogP contribution in [0.1, 0.15) is 5.56 Å². The number of nitrogens with one attached hydrogen (secondary N) is 2. The summed E-state index contributed by atoms with van der Waals surface area (Å²) in [6, 6.07) is 13.9. The Labute approximate surface area is 120 Å². The fourth-order valence-electron chi connectivity index (χ4n) is 1.66. The van der Waals surface area contributed by atoms with Crippen molar-refractivity contribution in [1.82, 2.24) is 5.43 Å². The van der Waals surface area contributed by atoms with Crippen molar-refractivity contribution in [2.24, 2.45) is 0 Å². The van der Waals surface area contributed by atoms with Gasteiger partial charge in [-0.3, -0.25) is 0 Å². The topological polar surface area (TPSA) is 33.3 Å². The molecular formula is C14H13ClF2N2O. The summed E-state index contributed by atoms with van der Waals surface area (Å²) in [5, 5.41) is 0.461.